The van der Waals surface area contributed by atoms with Gasteiger partial charge in [0.25, 0.3) is 5.91 Å². The van der Waals surface area contributed by atoms with Gasteiger partial charge in [-0.2, -0.15) is 0 Å². The minimum absolute atomic E-state index is 0.223. The number of carbonyl (C=O) groups excluding carboxylic acids is 1. The fourth-order valence-electron chi connectivity index (χ4n) is 1.53. The second-order valence-corrected chi connectivity index (χ2v) is 3.83. The predicted octanol–water partition coefficient (Wildman–Crippen LogP) is 0.951. The van der Waals surface area contributed by atoms with Crippen LogP contribution in [0.1, 0.15) is 15.9 Å². The van der Waals surface area contributed by atoms with Gasteiger partial charge in [-0.15, -0.1) is 0 Å². The molecule has 0 unspecified atom stereocenters. The Bertz CT molecular complexity index is 400. The minimum Gasteiger partial charge on any atom is -0.389 e. The molecule has 1 aromatic carbocycles. The molecule has 15 heavy (non-hydrogen) atoms. The van der Waals surface area contributed by atoms with Gasteiger partial charge in [0.2, 0.25) is 0 Å². The van der Waals surface area contributed by atoms with Crippen molar-refractivity contribution in [3.05, 3.63) is 35.1 Å². The van der Waals surface area contributed by atoms with Gasteiger partial charge >= 0.3 is 0 Å². The molecule has 0 aliphatic carbocycles. The summed E-state index contributed by atoms with van der Waals surface area (Å²) < 4.78 is 13.2. The Morgan fingerprint density at radius 3 is 2.73 bits per heavy atom. The molecule has 1 fully saturated rings. The molecule has 2 rings (SSSR count). The van der Waals surface area contributed by atoms with Crippen molar-refractivity contribution in [3.63, 3.8) is 0 Å². The van der Waals surface area contributed by atoms with Crippen LogP contribution in [-0.2, 0) is 0 Å². The Kier molecular flexibility index (Phi) is 2.44. The number of likely N-dealkylation sites (tertiary alicyclic amines) is 1. The lowest BCUT2D eigenvalue weighted by atomic mass is 10.1. The maximum Gasteiger partial charge on any atom is 0.254 e. The van der Waals surface area contributed by atoms with Crippen LogP contribution in [0.3, 0.4) is 0 Å². The van der Waals surface area contributed by atoms with Crippen molar-refractivity contribution in [2.75, 3.05) is 13.1 Å². The summed E-state index contributed by atoms with van der Waals surface area (Å²) >= 11 is 0. The molecule has 1 aliphatic rings. The summed E-state index contributed by atoms with van der Waals surface area (Å²) in [5.74, 6) is -0.596. The molecule has 0 bridgehead atoms. The van der Waals surface area contributed by atoms with Crippen LogP contribution in [0.25, 0.3) is 0 Å². The number of aliphatic hydroxyl groups excluding tert-OH is 1. The van der Waals surface area contributed by atoms with E-state index in [-0.39, 0.29) is 11.7 Å². The maximum absolute atomic E-state index is 13.2. The summed E-state index contributed by atoms with van der Waals surface area (Å²) in [4.78, 5) is 13.2. The highest BCUT2D eigenvalue weighted by molar-refractivity contribution is 5.94. The largest absolute Gasteiger partial charge is 0.389 e. The van der Waals surface area contributed by atoms with E-state index in [1.807, 2.05) is 0 Å². The maximum atomic E-state index is 13.2. The molecular weight excluding hydrogens is 197 g/mol. The highest BCUT2D eigenvalue weighted by Crippen LogP contribution is 2.15. The number of nitrogens with zero attached hydrogens (tertiary/aromatic N) is 1. The van der Waals surface area contributed by atoms with E-state index in [9.17, 15) is 9.18 Å². The summed E-state index contributed by atoms with van der Waals surface area (Å²) in [6, 6.07) is 4.42. The Balaban J connectivity index is 2.16. The number of benzene rings is 1. The number of carbonyl (C=O) groups is 1. The molecule has 0 aromatic heterocycles. The summed E-state index contributed by atoms with van der Waals surface area (Å²) in [6.45, 7) is 2.33. The highest BCUT2D eigenvalue weighted by Gasteiger charge is 2.29. The lowest BCUT2D eigenvalue weighted by Gasteiger charge is -2.35. The number of β-amino-alcohol motifs (C(OH)–C–C–N with tert-alkyl or cyclic N) is 1. The molecule has 0 spiro atoms. The first-order chi connectivity index (χ1) is 7.08. The first-order valence-electron chi connectivity index (χ1n) is 4.81. The van der Waals surface area contributed by atoms with Gasteiger partial charge in [0.1, 0.15) is 5.82 Å². The molecule has 0 radical (unpaired) electrons. The van der Waals surface area contributed by atoms with Crippen LogP contribution in [0.5, 0.6) is 0 Å². The Hall–Kier alpha value is -1.42. The fourth-order valence-corrected chi connectivity index (χ4v) is 1.53. The van der Waals surface area contributed by atoms with Crippen molar-refractivity contribution in [2.24, 2.45) is 0 Å². The molecule has 1 heterocycles. The zero-order valence-corrected chi connectivity index (χ0v) is 8.40. The zero-order chi connectivity index (χ0) is 11.0. The van der Waals surface area contributed by atoms with Crippen LogP contribution >= 0.6 is 0 Å². The lowest BCUT2D eigenvalue weighted by molar-refractivity contribution is 0.00587. The van der Waals surface area contributed by atoms with Crippen molar-refractivity contribution in [1.82, 2.24) is 4.90 Å². The van der Waals surface area contributed by atoms with Crippen LogP contribution in [0.2, 0.25) is 0 Å². The monoisotopic (exact) mass is 209 g/mol. The number of amides is 1. The van der Waals surface area contributed by atoms with Crippen molar-refractivity contribution >= 4 is 5.91 Å². The predicted molar refractivity (Wildman–Crippen MR) is 53.0 cm³/mol. The molecule has 0 saturated carbocycles. The third kappa shape index (κ3) is 1.85. The van der Waals surface area contributed by atoms with E-state index in [0.29, 0.717) is 24.2 Å². The van der Waals surface area contributed by atoms with Crippen LogP contribution < -0.4 is 0 Å². The van der Waals surface area contributed by atoms with E-state index in [1.165, 1.54) is 11.0 Å². The van der Waals surface area contributed by atoms with Gasteiger partial charge in [-0.25, -0.2) is 4.39 Å². The Morgan fingerprint density at radius 1 is 1.53 bits per heavy atom. The summed E-state index contributed by atoms with van der Waals surface area (Å²) in [5.41, 5.74) is 0.861. The SMILES string of the molecule is Cc1ccc(C(=O)N2CC(O)C2)cc1F. The molecular formula is C11H12FNO2. The summed E-state index contributed by atoms with van der Waals surface area (Å²) in [5, 5.41) is 9.04. The van der Waals surface area contributed by atoms with E-state index < -0.39 is 6.10 Å². The van der Waals surface area contributed by atoms with E-state index in [2.05, 4.69) is 0 Å². The van der Waals surface area contributed by atoms with Gasteiger partial charge in [0.15, 0.2) is 0 Å². The van der Waals surface area contributed by atoms with Gasteiger partial charge < -0.3 is 10.0 Å². The van der Waals surface area contributed by atoms with E-state index in [0.717, 1.165) is 0 Å². The van der Waals surface area contributed by atoms with Gasteiger partial charge in [-0.3, -0.25) is 4.79 Å². The topological polar surface area (TPSA) is 40.5 Å². The second-order valence-electron chi connectivity index (χ2n) is 3.83. The normalized spacial score (nSPS) is 16.3. The third-order valence-corrected chi connectivity index (χ3v) is 2.57. The highest BCUT2D eigenvalue weighted by atomic mass is 19.1. The van der Waals surface area contributed by atoms with E-state index in [1.54, 1.807) is 19.1 Å². The van der Waals surface area contributed by atoms with Crippen LogP contribution in [0.15, 0.2) is 18.2 Å². The molecule has 3 nitrogen and oxygen atoms in total. The molecule has 1 aromatic rings. The fraction of sp³-hybridized carbons (Fsp3) is 0.364. The summed E-state index contributed by atoms with van der Waals surface area (Å²) in [7, 11) is 0. The Labute approximate surface area is 87.1 Å². The van der Waals surface area contributed by atoms with E-state index in [4.69, 9.17) is 5.11 Å². The van der Waals surface area contributed by atoms with Crippen LogP contribution in [0.4, 0.5) is 4.39 Å². The van der Waals surface area contributed by atoms with Crippen molar-refractivity contribution in [2.45, 2.75) is 13.0 Å². The van der Waals surface area contributed by atoms with E-state index >= 15 is 0 Å². The van der Waals surface area contributed by atoms with Crippen LogP contribution in [-0.4, -0.2) is 35.1 Å². The minimum atomic E-state index is -0.427. The second kappa shape index (κ2) is 3.62. The number of aliphatic hydroxyl groups is 1. The summed E-state index contributed by atoms with van der Waals surface area (Å²) in [6.07, 6.45) is -0.427. The van der Waals surface area contributed by atoms with Gasteiger partial charge in [-0.05, 0) is 24.6 Å². The van der Waals surface area contributed by atoms with Crippen molar-refractivity contribution in [3.8, 4) is 0 Å². The lowest BCUT2D eigenvalue weighted by Crippen LogP contribution is -2.53. The third-order valence-electron chi connectivity index (χ3n) is 2.57. The molecule has 0 atom stereocenters. The average molecular weight is 209 g/mol. The molecule has 4 heteroatoms. The number of hydrogen-bond acceptors (Lipinski definition) is 2. The first-order valence-corrected chi connectivity index (χ1v) is 4.81. The standard InChI is InChI=1S/C11H12FNO2/c1-7-2-3-8(4-10(7)12)11(15)13-5-9(14)6-13/h2-4,9,14H,5-6H2,1H3. The molecule has 1 N–H and O–H groups in total. The molecule has 1 aliphatic heterocycles. The average Bonchev–Trinajstić information content (AvgIpc) is 2.16. The number of rotatable bonds is 1. The number of aryl methyl sites for hydroxylation is 1. The Morgan fingerprint density at radius 2 is 2.20 bits per heavy atom. The number of halogens is 1. The van der Waals surface area contributed by atoms with Crippen molar-refractivity contribution < 1.29 is 14.3 Å². The number of hydrogen-bond donors (Lipinski definition) is 1. The van der Waals surface area contributed by atoms with Gasteiger partial charge in [0.05, 0.1) is 6.10 Å². The molecule has 80 valence electrons. The van der Waals surface area contributed by atoms with Crippen molar-refractivity contribution in [1.29, 1.82) is 0 Å². The smallest absolute Gasteiger partial charge is 0.254 e. The van der Waals surface area contributed by atoms with Gasteiger partial charge in [0, 0.05) is 18.7 Å². The molecule has 1 amide bonds. The zero-order valence-electron chi connectivity index (χ0n) is 8.40. The quantitative estimate of drug-likeness (QED) is 0.748. The molecule has 1 saturated heterocycles. The van der Waals surface area contributed by atoms with Crippen LogP contribution in [0, 0.1) is 12.7 Å². The first kappa shape index (κ1) is 10.1. The van der Waals surface area contributed by atoms with Gasteiger partial charge in [-0.1, -0.05) is 6.07 Å².